The zero-order valence-electron chi connectivity index (χ0n) is 42.9. The normalized spacial score (nSPS) is 20.0. The van der Waals surface area contributed by atoms with Crippen LogP contribution in [0.1, 0.15) is 147 Å². The number of rotatable bonds is 16. The second-order valence-corrected chi connectivity index (χ2v) is 22.2. The van der Waals surface area contributed by atoms with Crippen LogP contribution in [0.15, 0.2) is 97.1 Å². The van der Waals surface area contributed by atoms with Gasteiger partial charge in [-0.15, -0.1) is 0 Å². The maximum absolute atomic E-state index is 13.7. The molecule has 2 aliphatic rings. The van der Waals surface area contributed by atoms with Crippen molar-refractivity contribution in [3.63, 3.8) is 0 Å². The highest BCUT2D eigenvalue weighted by Crippen LogP contribution is 2.42. The molecule has 0 heterocycles. The molecule has 70 heavy (non-hydrogen) atoms. The number of nitrogens with one attached hydrogen (secondary N) is 4. The van der Waals surface area contributed by atoms with E-state index in [0.717, 1.165) is 63.5 Å². The van der Waals surface area contributed by atoms with E-state index in [4.69, 9.17) is 0 Å². The first-order valence-corrected chi connectivity index (χ1v) is 24.9. The molecule has 2 aliphatic carbocycles. The number of carbonyl (C=O) groups excluding carboxylic acids is 2. The number of amides is 2. The lowest BCUT2D eigenvalue weighted by Gasteiger charge is -2.42. The molecule has 0 spiro atoms. The fraction of sp³-hybridized carbons (Fsp3) is 0.517. The average Bonchev–Trinajstić information content (AvgIpc) is 3.27. The first-order chi connectivity index (χ1) is 32.8. The van der Waals surface area contributed by atoms with E-state index in [1.165, 1.54) is 65.9 Å². The maximum Gasteiger partial charge on any atom is 0.217 e. The van der Waals surface area contributed by atoms with Gasteiger partial charge in [0, 0.05) is 50.1 Å². The van der Waals surface area contributed by atoms with Crippen molar-refractivity contribution in [2.24, 2.45) is 5.92 Å². The van der Waals surface area contributed by atoms with Crippen LogP contribution in [-0.2, 0) is 44.3 Å². The number of hydrogen-bond donors (Lipinski definition) is 6. The molecule has 0 radical (unpaired) electrons. The maximum atomic E-state index is 13.7. The highest BCUT2D eigenvalue weighted by atomic mass is 19.1. The summed E-state index contributed by atoms with van der Waals surface area (Å²) in [5.74, 6) is -2.69. The van der Waals surface area contributed by atoms with Crippen molar-refractivity contribution < 1.29 is 37.4 Å². The smallest absolute Gasteiger partial charge is 0.217 e. The summed E-state index contributed by atoms with van der Waals surface area (Å²) in [5.41, 5.74) is 6.29. The average molecular weight is 971 g/mol. The summed E-state index contributed by atoms with van der Waals surface area (Å²) in [6, 6.07) is 22.5. The number of carbonyl (C=O) groups is 2. The largest absolute Gasteiger partial charge is 0.390 e. The zero-order valence-corrected chi connectivity index (χ0v) is 42.9. The van der Waals surface area contributed by atoms with E-state index in [9.17, 15) is 37.4 Å². The van der Waals surface area contributed by atoms with Crippen LogP contribution in [-0.4, -0.2) is 59.4 Å². The molecule has 12 heteroatoms. The van der Waals surface area contributed by atoms with E-state index >= 15 is 0 Å². The predicted octanol–water partition coefficient (Wildman–Crippen LogP) is 10.7. The van der Waals surface area contributed by atoms with Crippen LogP contribution < -0.4 is 21.3 Å². The Morgan fingerprint density at radius 3 is 1.31 bits per heavy atom. The van der Waals surface area contributed by atoms with Crippen molar-refractivity contribution in [3.05, 3.63) is 154 Å². The monoisotopic (exact) mass is 971 g/mol. The Morgan fingerprint density at radius 1 is 0.614 bits per heavy atom. The third-order valence-corrected chi connectivity index (χ3v) is 14.3. The fourth-order valence-electron chi connectivity index (χ4n) is 9.93. The Bertz CT molecular complexity index is 2350. The molecule has 8 nitrogen and oxygen atoms in total. The van der Waals surface area contributed by atoms with Gasteiger partial charge in [-0.1, -0.05) is 109 Å². The summed E-state index contributed by atoms with van der Waals surface area (Å²) < 4.78 is 54.9. The molecule has 4 aromatic carbocycles. The summed E-state index contributed by atoms with van der Waals surface area (Å²) in [4.78, 5) is 23.7. The lowest BCUT2D eigenvalue weighted by Crippen LogP contribution is -2.53. The van der Waals surface area contributed by atoms with E-state index in [0.29, 0.717) is 17.0 Å². The Labute approximate surface area is 414 Å². The standard InChI is InChI=1S/C29H40F2N2O2.C29H38F2N2O2/c2*1-19-9-11-29(12-10-19,23-8-6-7-22(16-23)28(3,4)5)32-18-27(35)26(33-20(2)34)15-21-13-24(30)17-25(31)14-21/h6-8,13-14,16-17,19,26-27,32,35H,9-12,15,18H2,1-5H3,(H,33,34);6-8,13-14,16-17,26-27,32,35H,1,9-12,15,18H2,2-5H3,(H,33,34)/t19?,26-,27+,29?;26-,27+/m00/s1. The third-order valence-electron chi connectivity index (χ3n) is 14.3. The van der Waals surface area contributed by atoms with Crippen LogP contribution in [0.4, 0.5) is 17.6 Å². The second kappa shape index (κ2) is 24.0. The van der Waals surface area contributed by atoms with Gasteiger partial charge in [0.05, 0.1) is 24.3 Å². The lowest BCUT2D eigenvalue weighted by molar-refractivity contribution is -0.121. The van der Waals surface area contributed by atoms with Gasteiger partial charge in [-0.25, -0.2) is 17.6 Å². The quantitative estimate of drug-likeness (QED) is 0.0491. The van der Waals surface area contributed by atoms with E-state index < -0.39 is 47.6 Å². The number of aliphatic hydroxyl groups excluding tert-OH is 2. The number of hydrogen-bond acceptors (Lipinski definition) is 6. The van der Waals surface area contributed by atoms with Crippen LogP contribution in [0.25, 0.3) is 0 Å². The Hall–Kier alpha value is -4.88. The van der Waals surface area contributed by atoms with E-state index in [1.54, 1.807) is 0 Å². The molecular formula is C58H78F4N4O4. The van der Waals surface area contributed by atoms with Gasteiger partial charge in [0.2, 0.25) is 11.8 Å². The Morgan fingerprint density at radius 2 is 0.971 bits per heavy atom. The molecule has 4 atom stereocenters. The van der Waals surface area contributed by atoms with Crippen molar-refractivity contribution in [1.29, 1.82) is 0 Å². The number of halogens is 4. The van der Waals surface area contributed by atoms with Crippen LogP contribution in [0.2, 0.25) is 0 Å². The molecule has 382 valence electrons. The zero-order chi connectivity index (χ0) is 51.6. The van der Waals surface area contributed by atoms with E-state index in [1.807, 2.05) is 0 Å². The van der Waals surface area contributed by atoms with Gasteiger partial charge >= 0.3 is 0 Å². The molecule has 0 bridgehead atoms. The summed E-state index contributed by atoms with van der Waals surface area (Å²) in [7, 11) is 0. The van der Waals surface area contributed by atoms with Gasteiger partial charge in [-0.05, 0) is 139 Å². The fourth-order valence-corrected chi connectivity index (χ4v) is 9.93. The SMILES string of the molecule is C=C1CCC(NC[C@@H](O)[C@H](Cc2cc(F)cc(F)c2)NC(C)=O)(c2cccc(C(C)(C)C)c2)CC1.CC(=O)N[C@@H](Cc1cc(F)cc(F)c1)[C@H](O)CNC1(c2cccc(C(C)(C)C)c2)CCC(C)CC1. The molecule has 6 rings (SSSR count). The minimum atomic E-state index is -0.960. The van der Waals surface area contributed by atoms with Crippen molar-refractivity contribution in [2.75, 3.05) is 13.1 Å². The van der Waals surface area contributed by atoms with Crippen LogP contribution in [0.5, 0.6) is 0 Å². The molecule has 0 saturated heterocycles. The minimum Gasteiger partial charge on any atom is -0.390 e. The molecule has 2 saturated carbocycles. The van der Waals surface area contributed by atoms with Gasteiger partial charge in [0.15, 0.2) is 0 Å². The molecule has 0 aliphatic heterocycles. The number of aliphatic hydroxyl groups is 2. The van der Waals surface area contributed by atoms with Gasteiger partial charge in [0.25, 0.3) is 0 Å². The predicted molar refractivity (Wildman–Crippen MR) is 272 cm³/mol. The molecular weight excluding hydrogens is 893 g/mol. The van der Waals surface area contributed by atoms with Gasteiger partial charge in [-0.3, -0.25) is 9.59 Å². The summed E-state index contributed by atoms with van der Waals surface area (Å²) in [6.45, 7) is 22.8. The number of benzene rings is 4. The van der Waals surface area contributed by atoms with Crippen molar-refractivity contribution in [2.45, 2.75) is 173 Å². The van der Waals surface area contributed by atoms with Crippen LogP contribution >= 0.6 is 0 Å². The third kappa shape index (κ3) is 16.1. The lowest BCUT2D eigenvalue weighted by atomic mass is 9.72. The highest BCUT2D eigenvalue weighted by molar-refractivity contribution is 5.73. The summed E-state index contributed by atoms with van der Waals surface area (Å²) >= 11 is 0. The number of allylic oxidation sites excluding steroid dienone is 1. The van der Waals surface area contributed by atoms with Crippen LogP contribution in [0, 0.1) is 29.2 Å². The van der Waals surface area contributed by atoms with Crippen molar-refractivity contribution in [3.8, 4) is 0 Å². The van der Waals surface area contributed by atoms with Crippen molar-refractivity contribution in [1.82, 2.24) is 21.3 Å². The van der Waals surface area contributed by atoms with E-state index in [-0.39, 0.29) is 59.7 Å². The second-order valence-electron chi connectivity index (χ2n) is 22.2. The molecule has 2 amide bonds. The molecule has 0 aromatic heterocycles. The summed E-state index contributed by atoms with van der Waals surface area (Å²) in [5, 5.41) is 35.0. The van der Waals surface area contributed by atoms with E-state index in [2.05, 4.69) is 125 Å². The Balaban J connectivity index is 0.000000261. The van der Waals surface area contributed by atoms with Gasteiger partial charge < -0.3 is 31.5 Å². The highest BCUT2D eigenvalue weighted by Gasteiger charge is 2.38. The molecule has 0 unspecified atom stereocenters. The molecule has 4 aromatic rings. The van der Waals surface area contributed by atoms with Gasteiger partial charge in [-0.2, -0.15) is 0 Å². The first kappa shape index (κ1) is 56.0. The van der Waals surface area contributed by atoms with Crippen LogP contribution in [0.3, 0.4) is 0 Å². The molecule has 6 N–H and O–H groups in total. The van der Waals surface area contributed by atoms with Crippen molar-refractivity contribution >= 4 is 11.8 Å². The summed E-state index contributed by atoms with van der Waals surface area (Å²) in [6.07, 6.45) is 5.90. The molecule has 2 fully saturated rings. The Kier molecular flexibility index (Phi) is 19.2. The first-order valence-electron chi connectivity index (χ1n) is 24.9. The van der Waals surface area contributed by atoms with Gasteiger partial charge in [0.1, 0.15) is 23.3 Å². The topological polar surface area (TPSA) is 123 Å². The minimum absolute atomic E-state index is 0.00567.